The summed E-state index contributed by atoms with van der Waals surface area (Å²) in [4.78, 5) is 12.6. The zero-order valence-electron chi connectivity index (χ0n) is 15.4. The van der Waals surface area contributed by atoms with E-state index in [1.54, 1.807) is 30.3 Å². The number of amides is 1. The summed E-state index contributed by atoms with van der Waals surface area (Å²) in [5.74, 6) is 0.434. The summed E-state index contributed by atoms with van der Waals surface area (Å²) in [6.45, 7) is 4.62. The molecular weight excluding hydrogens is 350 g/mol. The largest absolute Gasteiger partial charge is 0.494 e. The van der Waals surface area contributed by atoms with Gasteiger partial charge in [-0.25, -0.2) is 8.42 Å². The smallest absolute Gasteiger partial charge is 0.255 e. The third-order valence-electron chi connectivity index (χ3n) is 4.02. The van der Waals surface area contributed by atoms with E-state index in [4.69, 9.17) is 4.74 Å². The Morgan fingerprint density at radius 3 is 2.38 bits per heavy atom. The van der Waals surface area contributed by atoms with Crippen LogP contribution in [0.5, 0.6) is 5.75 Å². The van der Waals surface area contributed by atoms with Crippen LogP contribution in [0.4, 0.5) is 5.69 Å². The number of benzene rings is 2. The highest BCUT2D eigenvalue weighted by atomic mass is 32.2. The molecular formula is C20H25NO4S. The van der Waals surface area contributed by atoms with Gasteiger partial charge >= 0.3 is 0 Å². The second-order valence-corrected chi connectivity index (χ2v) is 8.30. The number of carbonyl (C=O) groups is 1. The number of anilines is 1. The topological polar surface area (TPSA) is 72.5 Å². The predicted octanol–water partition coefficient (Wildman–Crippen LogP) is 4.22. The first kappa shape index (κ1) is 20.0. The van der Waals surface area contributed by atoms with Gasteiger partial charge in [0, 0.05) is 17.5 Å². The highest BCUT2D eigenvalue weighted by Gasteiger charge is 2.12. The quantitative estimate of drug-likeness (QED) is 0.701. The monoisotopic (exact) mass is 375 g/mol. The number of sulfone groups is 1. The summed E-state index contributed by atoms with van der Waals surface area (Å²) < 4.78 is 29.0. The highest BCUT2D eigenvalue weighted by Crippen LogP contribution is 2.21. The third kappa shape index (κ3) is 5.59. The van der Waals surface area contributed by atoms with Crippen molar-refractivity contribution in [2.75, 3.05) is 18.2 Å². The van der Waals surface area contributed by atoms with Gasteiger partial charge in [0.15, 0.2) is 9.84 Å². The maximum Gasteiger partial charge on any atom is 0.255 e. The molecule has 26 heavy (non-hydrogen) atoms. The van der Waals surface area contributed by atoms with Gasteiger partial charge in [-0.3, -0.25) is 4.79 Å². The average Bonchev–Trinajstić information content (AvgIpc) is 2.60. The lowest BCUT2D eigenvalue weighted by atomic mass is 10.1. The number of ether oxygens (including phenoxy) is 1. The molecule has 0 heterocycles. The van der Waals surface area contributed by atoms with Gasteiger partial charge in [0.1, 0.15) is 5.75 Å². The molecule has 0 saturated heterocycles. The van der Waals surface area contributed by atoms with Crippen LogP contribution in [0.15, 0.2) is 47.4 Å². The van der Waals surface area contributed by atoms with Gasteiger partial charge < -0.3 is 10.1 Å². The fourth-order valence-corrected chi connectivity index (χ4v) is 3.05. The second-order valence-electron chi connectivity index (χ2n) is 6.28. The molecule has 0 bridgehead atoms. The molecule has 0 saturated carbocycles. The van der Waals surface area contributed by atoms with E-state index in [9.17, 15) is 13.2 Å². The summed E-state index contributed by atoms with van der Waals surface area (Å²) in [6, 6.07) is 11.6. The molecule has 0 unspecified atom stereocenters. The molecule has 1 amide bonds. The molecule has 140 valence electrons. The van der Waals surface area contributed by atoms with Crippen LogP contribution in [-0.4, -0.2) is 27.2 Å². The van der Waals surface area contributed by atoms with Crippen LogP contribution in [0.1, 0.15) is 42.1 Å². The zero-order valence-corrected chi connectivity index (χ0v) is 16.2. The van der Waals surface area contributed by atoms with E-state index in [-0.39, 0.29) is 10.8 Å². The van der Waals surface area contributed by atoms with E-state index in [2.05, 4.69) is 12.2 Å². The van der Waals surface area contributed by atoms with Crippen LogP contribution in [0.3, 0.4) is 0 Å². The van der Waals surface area contributed by atoms with Crippen LogP contribution in [0.25, 0.3) is 0 Å². The lowest BCUT2D eigenvalue weighted by Crippen LogP contribution is -2.13. The van der Waals surface area contributed by atoms with Crippen molar-refractivity contribution in [2.45, 2.75) is 38.0 Å². The van der Waals surface area contributed by atoms with Crippen LogP contribution in [0, 0.1) is 6.92 Å². The molecule has 0 aliphatic heterocycles. The maximum atomic E-state index is 12.4. The van der Waals surface area contributed by atoms with Crippen molar-refractivity contribution >= 4 is 21.4 Å². The molecule has 0 fully saturated rings. The number of nitrogens with one attached hydrogen (secondary N) is 1. The lowest BCUT2D eigenvalue weighted by molar-refractivity contribution is 0.102. The van der Waals surface area contributed by atoms with Gasteiger partial charge in [-0.05, 0) is 55.3 Å². The van der Waals surface area contributed by atoms with Crippen molar-refractivity contribution < 1.29 is 17.9 Å². The SMILES string of the molecule is CCCCCOc1ccc(C(=O)Nc2cc(S(C)(=O)=O)ccc2C)cc1. The molecule has 2 aromatic carbocycles. The van der Waals surface area contributed by atoms with E-state index < -0.39 is 9.84 Å². The van der Waals surface area contributed by atoms with Crippen molar-refractivity contribution in [3.63, 3.8) is 0 Å². The zero-order chi connectivity index (χ0) is 19.2. The molecule has 2 rings (SSSR count). The third-order valence-corrected chi connectivity index (χ3v) is 5.13. The Kier molecular flexibility index (Phi) is 6.80. The van der Waals surface area contributed by atoms with Crippen LogP contribution in [0.2, 0.25) is 0 Å². The minimum absolute atomic E-state index is 0.175. The molecule has 0 spiro atoms. The number of carbonyl (C=O) groups excluding carboxylic acids is 1. The fourth-order valence-electron chi connectivity index (χ4n) is 2.41. The molecule has 0 aliphatic carbocycles. The Hall–Kier alpha value is -2.34. The molecule has 1 N–H and O–H groups in total. The summed E-state index contributed by atoms with van der Waals surface area (Å²) in [7, 11) is -3.33. The van der Waals surface area contributed by atoms with Crippen molar-refractivity contribution in [3.05, 3.63) is 53.6 Å². The van der Waals surface area contributed by atoms with E-state index >= 15 is 0 Å². The first-order valence-electron chi connectivity index (χ1n) is 8.66. The average molecular weight is 375 g/mol. The molecule has 6 heteroatoms. The number of rotatable bonds is 8. The number of hydrogen-bond donors (Lipinski definition) is 1. The van der Waals surface area contributed by atoms with Gasteiger partial charge in [-0.1, -0.05) is 25.8 Å². The first-order valence-corrected chi connectivity index (χ1v) is 10.6. The fraction of sp³-hybridized carbons (Fsp3) is 0.350. The molecule has 0 atom stereocenters. The summed E-state index contributed by atoms with van der Waals surface area (Å²) in [6.07, 6.45) is 4.42. The normalized spacial score (nSPS) is 11.2. The Morgan fingerprint density at radius 1 is 1.08 bits per heavy atom. The summed E-state index contributed by atoms with van der Waals surface area (Å²) in [5.41, 5.74) is 1.76. The van der Waals surface area contributed by atoms with Crippen LogP contribution < -0.4 is 10.1 Å². The van der Waals surface area contributed by atoms with E-state index in [0.29, 0.717) is 17.9 Å². The molecule has 5 nitrogen and oxygen atoms in total. The standard InChI is InChI=1S/C20H25NO4S/c1-4-5-6-13-25-17-10-8-16(9-11-17)20(22)21-19-14-18(26(3,23)24)12-7-15(19)2/h7-12,14H,4-6,13H2,1-3H3,(H,21,22). The Bertz CT molecular complexity index is 858. The predicted molar refractivity (Wildman–Crippen MR) is 104 cm³/mol. The minimum atomic E-state index is -3.33. The Labute approximate surface area is 155 Å². The van der Waals surface area contributed by atoms with E-state index in [1.807, 2.05) is 6.92 Å². The molecule has 0 aromatic heterocycles. The number of unbranched alkanes of at least 4 members (excludes halogenated alkanes) is 2. The van der Waals surface area contributed by atoms with Crippen LogP contribution in [-0.2, 0) is 9.84 Å². The number of hydrogen-bond acceptors (Lipinski definition) is 4. The maximum absolute atomic E-state index is 12.4. The summed E-state index contributed by atoms with van der Waals surface area (Å²) in [5, 5.41) is 2.77. The van der Waals surface area contributed by atoms with Crippen molar-refractivity contribution in [2.24, 2.45) is 0 Å². The molecule has 0 aliphatic rings. The molecule has 2 aromatic rings. The Balaban J connectivity index is 2.06. The first-order chi connectivity index (χ1) is 12.3. The lowest BCUT2D eigenvalue weighted by Gasteiger charge is -2.11. The minimum Gasteiger partial charge on any atom is -0.494 e. The van der Waals surface area contributed by atoms with Gasteiger partial charge in [-0.2, -0.15) is 0 Å². The molecule has 0 radical (unpaired) electrons. The summed E-state index contributed by atoms with van der Waals surface area (Å²) >= 11 is 0. The van der Waals surface area contributed by atoms with Gasteiger partial charge in [-0.15, -0.1) is 0 Å². The van der Waals surface area contributed by atoms with Gasteiger partial charge in [0.25, 0.3) is 5.91 Å². The number of aryl methyl sites for hydroxylation is 1. The van der Waals surface area contributed by atoms with Crippen molar-refractivity contribution in [1.29, 1.82) is 0 Å². The van der Waals surface area contributed by atoms with E-state index in [1.165, 1.54) is 12.1 Å². The Morgan fingerprint density at radius 2 is 1.77 bits per heavy atom. The van der Waals surface area contributed by atoms with Gasteiger partial charge in [0.2, 0.25) is 0 Å². The second kappa shape index (κ2) is 8.85. The van der Waals surface area contributed by atoms with Crippen molar-refractivity contribution in [3.8, 4) is 5.75 Å². The van der Waals surface area contributed by atoms with E-state index in [0.717, 1.165) is 36.8 Å². The van der Waals surface area contributed by atoms with Crippen LogP contribution >= 0.6 is 0 Å². The highest BCUT2D eigenvalue weighted by molar-refractivity contribution is 7.90. The van der Waals surface area contributed by atoms with Gasteiger partial charge in [0.05, 0.1) is 11.5 Å². The van der Waals surface area contributed by atoms with Crippen molar-refractivity contribution in [1.82, 2.24) is 0 Å².